The number of nitrogens with one attached hydrogen (secondary N) is 1. The summed E-state index contributed by atoms with van der Waals surface area (Å²) in [6, 6.07) is 15.6. The molecule has 0 radical (unpaired) electrons. The Morgan fingerprint density at radius 2 is 1.81 bits per heavy atom. The molecule has 0 spiro atoms. The highest BCUT2D eigenvalue weighted by Gasteiger charge is 2.10. The van der Waals surface area contributed by atoms with Gasteiger partial charge in [0.15, 0.2) is 0 Å². The molecule has 0 aliphatic heterocycles. The van der Waals surface area contributed by atoms with Gasteiger partial charge in [0.2, 0.25) is 5.91 Å². The minimum atomic E-state index is -0.325. The van der Waals surface area contributed by atoms with Crippen molar-refractivity contribution in [3.05, 3.63) is 71.3 Å². The summed E-state index contributed by atoms with van der Waals surface area (Å²) in [5, 5.41) is 2.73. The summed E-state index contributed by atoms with van der Waals surface area (Å²) >= 11 is 0. The Hall–Kier alpha value is -3.61. The smallest absolute Gasteiger partial charge is 0.254 e. The minimum absolute atomic E-state index is 0.135. The molecule has 7 nitrogen and oxygen atoms in total. The molecule has 1 N–H and O–H groups in total. The van der Waals surface area contributed by atoms with Gasteiger partial charge in [0.1, 0.15) is 18.0 Å². The summed E-state index contributed by atoms with van der Waals surface area (Å²) in [6.07, 6.45) is 1.36. The lowest BCUT2D eigenvalue weighted by atomic mass is 10.1. The van der Waals surface area contributed by atoms with E-state index in [-0.39, 0.29) is 18.0 Å². The lowest BCUT2D eigenvalue weighted by molar-refractivity contribution is -0.116. The molecule has 0 saturated carbocycles. The third-order valence-electron chi connectivity index (χ3n) is 3.95. The van der Waals surface area contributed by atoms with Crippen LogP contribution in [-0.2, 0) is 11.3 Å². The summed E-state index contributed by atoms with van der Waals surface area (Å²) in [4.78, 5) is 28.9. The number of hydrogen-bond donors (Lipinski definition) is 1. The van der Waals surface area contributed by atoms with Gasteiger partial charge in [-0.1, -0.05) is 12.1 Å². The highest BCUT2D eigenvalue weighted by atomic mass is 16.5. The van der Waals surface area contributed by atoms with Gasteiger partial charge >= 0.3 is 0 Å². The SMILES string of the molecule is COc1ccc(NC(=O)Cn2cnc(-c3ccccc3OC)cc2=O)cc1. The highest BCUT2D eigenvalue weighted by molar-refractivity contribution is 5.90. The van der Waals surface area contributed by atoms with Crippen LogP contribution in [0, 0.1) is 0 Å². The molecule has 0 unspecified atom stereocenters. The molecule has 2 aromatic carbocycles. The summed E-state index contributed by atoms with van der Waals surface area (Å²) in [7, 11) is 3.13. The number of rotatable bonds is 6. The number of aromatic nitrogens is 2. The summed E-state index contributed by atoms with van der Waals surface area (Å²) in [5.41, 5.74) is 1.50. The molecule has 1 heterocycles. The maximum atomic E-state index is 12.4. The van der Waals surface area contributed by atoms with Crippen molar-refractivity contribution in [3.63, 3.8) is 0 Å². The van der Waals surface area contributed by atoms with Crippen molar-refractivity contribution in [2.45, 2.75) is 6.54 Å². The molecule has 0 fully saturated rings. The second kappa shape index (κ2) is 8.18. The Bertz CT molecular complexity index is 997. The van der Waals surface area contributed by atoms with Crippen LogP contribution in [0.1, 0.15) is 0 Å². The van der Waals surface area contributed by atoms with Gasteiger partial charge in [-0.25, -0.2) is 4.98 Å². The Morgan fingerprint density at radius 1 is 1.07 bits per heavy atom. The quantitative estimate of drug-likeness (QED) is 0.726. The van der Waals surface area contributed by atoms with Crippen LogP contribution in [0.2, 0.25) is 0 Å². The third kappa shape index (κ3) is 4.33. The fourth-order valence-electron chi connectivity index (χ4n) is 2.58. The predicted octanol–water partition coefficient (Wildman–Crippen LogP) is 2.57. The van der Waals surface area contributed by atoms with Crippen LogP contribution in [-0.4, -0.2) is 29.7 Å². The van der Waals surface area contributed by atoms with Crippen molar-refractivity contribution in [2.75, 3.05) is 19.5 Å². The van der Waals surface area contributed by atoms with Crippen molar-refractivity contribution in [3.8, 4) is 22.8 Å². The second-order valence-electron chi connectivity index (χ2n) is 5.72. The van der Waals surface area contributed by atoms with Crippen LogP contribution in [0.4, 0.5) is 5.69 Å². The van der Waals surface area contributed by atoms with Crippen molar-refractivity contribution in [1.82, 2.24) is 9.55 Å². The Morgan fingerprint density at radius 3 is 2.48 bits per heavy atom. The molecule has 0 atom stereocenters. The molecular weight excluding hydrogens is 346 g/mol. The van der Waals surface area contributed by atoms with Gasteiger partial charge < -0.3 is 14.8 Å². The first-order chi connectivity index (χ1) is 13.1. The van der Waals surface area contributed by atoms with E-state index in [4.69, 9.17) is 9.47 Å². The van der Waals surface area contributed by atoms with Crippen LogP contribution in [0.3, 0.4) is 0 Å². The van der Waals surface area contributed by atoms with Gasteiger partial charge in [-0.3, -0.25) is 14.2 Å². The molecule has 0 aliphatic carbocycles. The van der Waals surface area contributed by atoms with Gasteiger partial charge in [-0.2, -0.15) is 0 Å². The van der Waals surface area contributed by atoms with E-state index >= 15 is 0 Å². The van der Waals surface area contributed by atoms with E-state index in [1.165, 1.54) is 17.0 Å². The average Bonchev–Trinajstić information content (AvgIpc) is 2.70. The van der Waals surface area contributed by atoms with Crippen molar-refractivity contribution in [1.29, 1.82) is 0 Å². The molecule has 0 saturated heterocycles. The number of para-hydroxylation sites is 1. The maximum absolute atomic E-state index is 12.4. The third-order valence-corrected chi connectivity index (χ3v) is 3.95. The van der Waals surface area contributed by atoms with Gasteiger partial charge in [0.25, 0.3) is 5.56 Å². The molecule has 27 heavy (non-hydrogen) atoms. The van der Waals surface area contributed by atoms with Crippen LogP contribution in [0.15, 0.2) is 65.7 Å². The van der Waals surface area contributed by atoms with E-state index in [0.29, 0.717) is 28.4 Å². The Labute approximate surface area is 156 Å². The molecule has 7 heteroatoms. The fraction of sp³-hybridized carbons (Fsp3) is 0.150. The molecule has 1 amide bonds. The van der Waals surface area contributed by atoms with E-state index in [9.17, 15) is 9.59 Å². The summed E-state index contributed by atoms with van der Waals surface area (Å²) in [6.45, 7) is -0.135. The normalized spacial score (nSPS) is 10.3. The number of nitrogens with zero attached hydrogens (tertiary/aromatic N) is 2. The van der Waals surface area contributed by atoms with E-state index in [2.05, 4.69) is 10.3 Å². The Kier molecular flexibility index (Phi) is 5.51. The van der Waals surface area contributed by atoms with Crippen LogP contribution >= 0.6 is 0 Å². The molecule has 0 aliphatic rings. The van der Waals surface area contributed by atoms with E-state index < -0.39 is 0 Å². The summed E-state index contributed by atoms with van der Waals surface area (Å²) < 4.78 is 11.6. The number of anilines is 1. The number of carbonyl (C=O) groups excluding carboxylic acids is 1. The van der Waals surface area contributed by atoms with E-state index in [1.54, 1.807) is 44.6 Å². The zero-order chi connectivity index (χ0) is 19.2. The Balaban J connectivity index is 1.74. The van der Waals surface area contributed by atoms with Gasteiger partial charge in [0, 0.05) is 17.3 Å². The number of carbonyl (C=O) groups is 1. The van der Waals surface area contributed by atoms with Crippen molar-refractivity contribution < 1.29 is 14.3 Å². The first kappa shape index (κ1) is 18.2. The number of benzene rings is 2. The minimum Gasteiger partial charge on any atom is -0.497 e. The van der Waals surface area contributed by atoms with Gasteiger partial charge in [0.05, 0.1) is 26.2 Å². The molecule has 3 rings (SSSR count). The van der Waals surface area contributed by atoms with Crippen molar-refractivity contribution in [2.24, 2.45) is 0 Å². The van der Waals surface area contributed by atoms with Crippen LogP contribution < -0.4 is 20.3 Å². The molecule has 1 aromatic heterocycles. The van der Waals surface area contributed by atoms with Crippen molar-refractivity contribution >= 4 is 11.6 Å². The van der Waals surface area contributed by atoms with E-state index in [0.717, 1.165) is 0 Å². The lowest BCUT2D eigenvalue weighted by Gasteiger charge is -2.10. The fourth-order valence-corrected chi connectivity index (χ4v) is 2.58. The first-order valence-electron chi connectivity index (χ1n) is 8.24. The first-order valence-corrected chi connectivity index (χ1v) is 8.24. The topological polar surface area (TPSA) is 82.4 Å². The molecule has 0 bridgehead atoms. The number of ether oxygens (including phenoxy) is 2. The van der Waals surface area contributed by atoms with E-state index in [1.807, 2.05) is 18.2 Å². The lowest BCUT2D eigenvalue weighted by Crippen LogP contribution is -2.27. The van der Waals surface area contributed by atoms with Gasteiger partial charge in [-0.05, 0) is 36.4 Å². The monoisotopic (exact) mass is 365 g/mol. The van der Waals surface area contributed by atoms with Crippen LogP contribution in [0.25, 0.3) is 11.3 Å². The average molecular weight is 365 g/mol. The van der Waals surface area contributed by atoms with Gasteiger partial charge in [-0.15, -0.1) is 0 Å². The zero-order valence-electron chi connectivity index (χ0n) is 15.0. The molecule has 138 valence electrons. The standard InChI is InChI=1S/C20H19N3O4/c1-26-15-9-7-14(8-10-15)22-19(24)12-23-13-21-17(11-20(23)25)16-5-3-4-6-18(16)27-2/h3-11,13H,12H2,1-2H3,(H,22,24). The second-order valence-corrected chi connectivity index (χ2v) is 5.72. The van der Waals surface area contributed by atoms with Crippen LogP contribution in [0.5, 0.6) is 11.5 Å². The zero-order valence-corrected chi connectivity index (χ0v) is 15.0. The molecular formula is C20H19N3O4. The summed E-state index contributed by atoms with van der Waals surface area (Å²) in [5.74, 6) is 0.994. The largest absolute Gasteiger partial charge is 0.497 e. The molecule has 3 aromatic rings. The number of amides is 1. The number of methoxy groups -OCH3 is 2. The number of hydrogen-bond acceptors (Lipinski definition) is 5. The highest BCUT2D eigenvalue weighted by Crippen LogP contribution is 2.26. The predicted molar refractivity (Wildman–Crippen MR) is 102 cm³/mol. The maximum Gasteiger partial charge on any atom is 0.254 e.